The molecular weight excluding hydrogens is 220 g/mol. The van der Waals surface area contributed by atoms with Gasteiger partial charge in [0.05, 0.1) is 0 Å². The highest BCUT2D eigenvalue weighted by Gasteiger charge is 2.43. The normalized spacial score (nSPS) is 28.7. The number of ketones is 1. The van der Waals surface area contributed by atoms with Gasteiger partial charge in [-0.1, -0.05) is 0 Å². The first-order valence-electron chi connectivity index (χ1n) is 4.63. The molecule has 0 unspecified atom stereocenters. The van der Waals surface area contributed by atoms with E-state index < -0.39 is 30.3 Å². The molecular formula is C9H12O7. The molecule has 1 fully saturated rings. The van der Waals surface area contributed by atoms with Crippen LogP contribution >= 0.6 is 0 Å². The largest absolute Gasteiger partial charge is 0.461 e. The van der Waals surface area contributed by atoms with Crippen LogP contribution in [0.4, 0.5) is 0 Å². The Kier molecular flexibility index (Phi) is 3.97. The van der Waals surface area contributed by atoms with Gasteiger partial charge >= 0.3 is 11.9 Å². The number of aliphatic hydroxyl groups excluding tert-OH is 2. The first-order valence-corrected chi connectivity index (χ1v) is 4.63. The minimum Gasteiger partial charge on any atom is -0.461 e. The molecule has 1 rings (SSSR count). The van der Waals surface area contributed by atoms with Gasteiger partial charge in [0, 0.05) is 0 Å². The lowest BCUT2D eigenvalue weighted by atomic mass is 10.1. The molecule has 0 saturated carbocycles. The molecule has 0 amide bonds. The van der Waals surface area contributed by atoms with Gasteiger partial charge in [-0.05, 0) is 6.92 Å². The maximum Gasteiger partial charge on any atom is 0.338 e. The molecule has 2 N–H and O–H groups in total. The third-order valence-corrected chi connectivity index (χ3v) is 2.02. The van der Waals surface area contributed by atoms with Gasteiger partial charge in [0.2, 0.25) is 0 Å². The first kappa shape index (κ1) is 12.6. The van der Waals surface area contributed by atoms with Crippen LogP contribution in [0.1, 0.15) is 13.3 Å². The van der Waals surface area contributed by atoms with Gasteiger partial charge in [-0.2, -0.15) is 0 Å². The molecule has 7 heteroatoms. The van der Waals surface area contributed by atoms with E-state index in [9.17, 15) is 19.5 Å². The van der Waals surface area contributed by atoms with Crippen LogP contribution in [0.2, 0.25) is 0 Å². The van der Waals surface area contributed by atoms with Crippen LogP contribution in [0.25, 0.3) is 0 Å². The summed E-state index contributed by atoms with van der Waals surface area (Å²) in [4.78, 5) is 32.3. The van der Waals surface area contributed by atoms with E-state index in [-0.39, 0.29) is 18.8 Å². The van der Waals surface area contributed by atoms with Gasteiger partial charge in [0.15, 0.2) is 12.2 Å². The van der Waals surface area contributed by atoms with E-state index >= 15 is 0 Å². The van der Waals surface area contributed by atoms with E-state index in [1.807, 2.05) is 0 Å². The molecule has 0 spiro atoms. The van der Waals surface area contributed by atoms with Crippen molar-refractivity contribution in [1.82, 2.24) is 0 Å². The predicted molar refractivity (Wildman–Crippen MR) is 48.2 cm³/mol. The summed E-state index contributed by atoms with van der Waals surface area (Å²) < 4.78 is 9.14. The third-order valence-electron chi connectivity index (χ3n) is 2.02. The molecule has 0 aromatic rings. The zero-order valence-electron chi connectivity index (χ0n) is 8.58. The quantitative estimate of drug-likeness (QED) is 0.432. The summed E-state index contributed by atoms with van der Waals surface area (Å²) >= 11 is 0. The number of cyclic esters (lactones) is 1. The lowest BCUT2D eigenvalue weighted by molar-refractivity contribution is -0.156. The smallest absolute Gasteiger partial charge is 0.338 e. The lowest BCUT2D eigenvalue weighted by Gasteiger charge is -2.13. The Morgan fingerprint density at radius 3 is 2.50 bits per heavy atom. The number of aliphatic hydroxyl groups is 2. The minimum absolute atomic E-state index is 0.353. The van der Waals surface area contributed by atoms with E-state index in [1.54, 1.807) is 0 Å². The van der Waals surface area contributed by atoms with Gasteiger partial charge < -0.3 is 19.7 Å². The Hall–Kier alpha value is -1.47. The van der Waals surface area contributed by atoms with Gasteiger partial charge in [-0.15, -0.1) is 0 Å². The standard InChI is InChI=1S/C9H12O7/c1-4(10)2-6(11)15-3-5-7(12)8(13)9(14)16-5/h5,7-8,12-13H,2-3H2,1H3/t5-,7-,8-/m1/s1. The monoisotopic (exact) mass is 232 g/mol. The van der Waals surface area contributed by atoms with E-state index in [1.165, 1.54) is 6.92 Å². The molecule has 1 heterocycles. The molecule has 3 atom stereocenters. The molecule has 0 radical (unpaired) electrons. The van der Waals surface area contributed by atoms with Gasteiger partial charge in [-0.3, -0.25) is 9.59 Å². The summed E-state index contributed by atoms with van der Waals surface area (Å²) in [6.45, 7) is 0.853. The fraction of sp³-hybridized carbons (Fsp3) is 0.667. The van der Waals surface area contributed by atoms with E-state index in [2.05, 4.69) is 9.47 Å². The molecule has 7 nitrogen and oxygen atoms in total. The van der Waals surface area contributed by atoms with Crippen LogP contribution in [0.3, 0.4) is 0 Å². The van der Waals surface area contributed by atoms with E-state index in [0.29, 0.717) is 0 Å². The average molecular weight is 232 g/mol. The number of carbonyl (C=O) groups excluding carboxylic acids is 3. The Balaban J connectivity index is 2.36. The molecule has 0 aliphatic carbocycles. The SMILES string of the molecule is CC(=O)CC(=O)OC[C@H]1OC(=O)[C@H](O)[C@@H]1O. The summed E-state index contributed by atoms with van der Waals surface area (Å²) in [5, 5.41) is 18.3. The number of Topliss-reactive ketones (excluding diaryl/α,β-unsaturated/α-hetero) is 1. The van der Waals surface area contributed by atoms with Gasteiger partial charge in [-0.25, -0.2) is 4.79 Å². The van der Waals surface area contributed by atoms with Crippen LogP contribution in [-0.4, -0.2) is 52.9 Å². The van der Waals surface area contributed by atoms with Crippen molar-refractivity contribution in [3.8, 4) is 0 Å². The number of ether oxygens (including phenoxy) is 2. The minimum atomic E-state index is -1.61. The summed E-state index contributed by atoms with van der Waals surface area (Å²) in [6, 6.07) is 0. The van der Waals surface area contributed by atoms with Gasteiger partial charge in [0.25, 0.3) is 0 Å². The molecule has 1 aliphatic heterocycles. The average Bonchev–Trinajstić information content (AvgIpc) is 2.42. The summed E-state index contributed by atoms with van der Waals surface area (Å²) in [7, 11) is 0. The second kappa shape index (κ2) is 5.04. The van der Waals surface area contributed by atoms with Crippen molar-refractivity contribution in [1.29, 1.82) is 0 Å². The van der Waals surface area contributed by atoms with Crippen molar-refractivity contribution in [3.63, 3.8) is 0 Å². The number of hydrogen-bond acceptors (Lipinski definition) is 7. The van der Waals surface area contributed by atoms with Crippen LogP contribution < -0.4 is 0 Å². The maximum absolute atomic E-state index is 11.0. The Morgan fingerprint density at radius 2 is 2.06 bits per heavy atom. The highest BCUT2D eigenvalue weighted by molar-refractivity contribution is 5.94. The van der Waals surface area contributed by atoms with Crippen LogP contribution in [0, 0.1) is 0 Å². The maximum atomic E-state index is 11.0. The zero-order valence-corrected chi connectivity index (χ0v) is 8.58. The highest BCUT2D eigenvalue weighted by Crippen LogP contribution is 2.16. The summed E-state index contributed by atoms with van der Waals surface area (Å²) in [5.41, 5.74) is 0. The van der Waals surface area contributed by atoms with Crippen molar-refractivity contribution >= 4 is 17.7 Å². The summed E-state index contributed by atoms with van der Waals surface area (Å²) in [5.74, 6) is -2.08. The Bertz CT molecular complexity index is 311. The lowest BCUT2D eigenvalue weighted by Crippen LogP contribution is -2.34. The Labute approximate surface area is 91.0 Å². The van der Waals surface area contributed by atoms with Crippen LogP contribution in [-0.2, 0) is 23.9 Å². The molecule has 1 aliphatic rings. The third kappa shape index (κ3) is 3.01. The number of hydrogen-bond donors (Lipinski definition) is 2. The number of rotatable bonds is 4. The fourth-order valence-corrected chi connectivity index (χ4v) is 1.19. The van der Waals surface area contributed by atoms with Crippen molar-refractivity contribution in [2.24, 2.45) is 0 Å². The molecule has 1 saturated heterocycles. The second-order valence-corrected chi connectivity index (χ2v) is 3.47. The molecule has 90 valence electrons. The Morgan fingerprint density at radius 1 is 1.44 bits per heavy atom. The van der Waals surface area contributed by atoms with Gasteiger partial charge in [0.1, 0.15) is 24.9 Å². The zero-order chi connectivity index (χ0) is 12.3. The van der Waals surface area contributed by atoms with Crippen molar-refractivity contribution < 1.29 is 34.1 Å². The number of esters is 2. The molecule has 0 aromatic heterocycles. The summed E-state index contributed by atoms with van der Waals surface area (Å²) in [6.07, 6.45) is -4.49. The second-order valence-electron chi connectivity index (χ2n) is 3.47. The number of carbonyl (C=O) groups is 3. The van der Waals surface area contributed by atoms with Crippen molar-refractivity contribution in [3.05, 3.63) is 0 Å². The van der Waals surface area contributed by atoms with Crippen molar-refractivity contribution in [2.45, 2.75) is 31.7 Å². The fourth-order valence-electron chi connectivity index (χ4n) is 1.19. The first-order chi connectivity index (χ1) is 7.41. The predicted octanol–water partition coefficient (Wildman–Crippen LogP) is -1.84. The van der Waals surface area contributed by atoms with Crippen molar-refractivity contribution in [2.75, 3.05) is 6.61 Å². The topological polar surface area (TPSA) is 110 Å². The molecule has 0 bridgehead atoms. The van der Waals surface area contributed by atoms with Crippen LogP contribution in [0.15, 0.2) is 0 Å². The molecule has 16 heavy (non-hydrogen) atoms. The van der Waals surface area contributed by atoms with E-state index in [0.717, 1.165) is 0 Å². The van der Waals surface area contributed by atoms with Crippen LogP contribution in [0.5, 0.6) is 0 Å². The van der Waals surface area contributed by atoms with E-state index in [4.69, 9.17) is 5.11 Å². The highest BCUT2D eigenvalue weighted by atomic mass is 16.6. The molecule has 0 aromatic carbocycles.